The number of carbonyl (C=O) groups is 1. The second-order valence-electron chi connectivity index (χ2n) is 4.40. The summed E-state index contributed by atoms with van der Waals surface area (Å²) in [6, 6.07) is 0. The zero-order chi connectivity index (χ0) is 10.6. The molecule has 0 spiro atoms. The quantitative estimate of drug-likeness (QED) is 0.715. The number of methoxy groups -OCH3 is 1. The van der Waals surface area contributed by atoms with Crippen molar-refractivity contribution >= 4 is 5.97 Å². The summed E-state index contributed by atoms with van der Waals surface area (Å²) in [7, 11) is 1.69. The lowest BCUT2D eigenvalue weighted by Gasteiger charge is -2.22. The number of carboxylic acids is 1. The molecule has 4 heteroatoms. The molecule has 0 aromatic rings. The molecule has 0 radical (unpaired) electrons. The molecule has 1 heterocycles. The minimum atomic E-state index is -0.693. The van der Waals surface area contributed by atoms with Crippen molar-refractivity contribution in [3.63, 3.8) is 0 Å². The summed E-state index contributed by atoms with van der Waals surface area (Å²) < 4.78 is 5.00. The summed E-state index contributed by atoms with van der Waals surface area (Å²) in [6.07, 6.45) is 1.25. The van der Waals surface area contributed by atoms with Crippen LogP contribution in [0.5, 0.6) is 0 Å². The van der Waals surface area contributed by atoms with E-state index >= 15 is 0 Å². The van der Waals surface area contributed by atoms with Crippen LogP contribution in [-0.2, 0) is 9.53 Å². The maximum absolute atomic E-state index is 10.6. The Morgan fingerprint density at radius 2 is 2.36 bits per heavy atom. The van der Waals surface area contributed by atoms with E-state index < -0.39 is 5.97 Å². The normalized spacial score (nSPS) is 28.1. The zero-order valence-corrected chi connectivity index (χ0v) is 8.95. The molecule has 0 aromatic heterocycles. The predicted octanol–water partition coefficient (Wildman–Crippen LogP) is 0.820. The first-order valence-electron chi connectivity index (χ1n) is 4.99. The molecule has 1 aliphatic heterocycles. The molecule has 0 saturated carbocycles. The van der Waals surface area contributed by atoms with Gasteiger partial charge in [-0.05, 0) is 18.4 Å². The van der Waals surface area contributed by atoms with Crippen molar-refractivity contribution in [2.75, 3.05) is 33.4 Å². The van der Waals surface area contributed by atoms with Crippen LogP contribution in [0.3, 0.4) is 0 Å². The second kappa shape index (κ2) is 4.75. The number of likely N-dealkylation sites (tertiary alicyclic amines) is 1. The van der Waals surface area contributed by atoms with Crippen molar-refractivity contribution in [1.29, 1.82) is 0 Å². The van der Waals surface area contributed by atoms with Crippen molar-refractivity contribution in [3.8, 4) is 0 Å². The molecule has 1 saturated heterocycles. The van der Waals surface area contributed by atoms with Crippen LogP contribution in [0.15, 0.2) is 0 Å². The molecule has 1 N–H and O–H groups in total. The van der Waals surface area contributed by atoms with Crippen LogP contribution in [-0.4, -0.2) is 49.3 Å². The molecule has 1 fully saturated rings. The third kappa shape index (κ3) is 3.27. The van der Waals surface area contributed by atoms with Gasteiger partial charge in [0.25, 0.3) is 0 Å². The van der Waals surface area contributed by atoms with E-state index in [1.807, 2.05) is 6.92 Å². The number of hydrogen-bond acceptors (Lipinski definition) is 3. The average molecular weight is 201 g/mol. The van der Waals surface area contributed by atoms with Gasteiger partial charge in [0.2, 0.25) is 0 Å². The van der Waals surface area contributed by atoms with Crippen LogP contribution < -0.4 is 0 Å². The molecule has 1 aliphatic rings. The highest BCUT2D eigenvalue weighted by Gasteiger charge is 2.35. The van der Waals surface area contributed by atoms with E-state index in [0.717, 1.165) is 32.7 Å². The van der Waals surface area contributed by atoms with Crippen molar-refractivity contribution in [1.82, 2.24) is 4.90 Å². The van der Waals surface area contributed by atoms with Crippen molar-refractivity contribution in [3.05, 3.63) is 0 Å². The van der Waals surface area contributed by atoms with E-state index in [0.29, 0.717) is 0 Å². The minimum absolute atomic E-state index is 0.0421. The molecular weight excluding hydrogens is 182 g/mol. The van der Waals surface area contributed by atoms with E-state index in [1.165, 1.54) is 0 Å². The van der Waals surface area contributed by atoms with Crippen molar-refractivity contribution < 1.29 is 14.6 Å². The third-order valence-electron chi connectivity index (χ3n) is 2.83. The van der Waals surface area contributed by atoms with Gasteiger partial charge in [0.05, 0.1) is 13.0 Å². The number of nitrogens with zero attached hydrogens (tertiary/aromatic N) is 1. The monoisotopic (exact) mass is 201 g/mol. The summed E-state index contributed by atoms with van der Waals surface area (Å²) in [4.78, 5) is 12.9. The highest BCUT2D eigenvalue weighted by atomic mass is 16.5. The number of aliphatic carboxylic acids is 1. The number of hydrogen-bond donors (Lipinski definition) is 1. The van der Waals surface area contributed by atoms with Crippen molar-refractivity contribution in [2.45, 2.75) is 19.8 Å². The highest BCUT2D eigenvalue weighted by Crippen LogP contribution is 2.32. The van der Waals surface area contributed by atoms with Gasteiger partial charge >= 0.3 is 5.97 Å². The van der Waals surface area contributed by atoms with Gasteiger partial charge in [-0.3, -0.25) is 4.79 Å². The number of rotatable bonds is 5. The molecule has 14 heavy (non-hydrogen) atoms. The van der Waals surface area contributed by atoms with Gasteiger partial charge < -0.3 is 14.7 Å². The summed E-state index contributed by atoms with van der Waals surface area (Å²) in [6.45, 7) is 5.55. The predicted molar refractivity (Wildman–Crippen MR) is 53.3 cm³/mol. The molecule has 1 unspecified atom stereocenters. The molecule has 1 rings (SSSR count). The van der Waals surface area contributed by atoms with Crippen molar-refractivity contribution in [2.24, 2.45) is 5.41 Å². The first-order chi connectivity index (χ1) is 6.56. The van der Waals surface area contributed by atoms with E-state index in [-0.39, 0.29) is 11.8 Å². The molecule has 82 valence electrons. The third-order valence-corrected chi connectivity index (χ3v) is 2.83. The second-order valence-corrected chi connectivity index (χ2v) is 4.40. The van der Waals surface area contributed by atoms with Gasteiger partial charge in [0.15, 0.2) is 0 Å². The fourth-order valence-corrected chi connectivity index (χ4v) is 2.05. The largest absolute Gasteiger partial charge is 0.481 e. The Balaban J connectivity index is 2.34. The van der Waals surface area contributed by atoms with E-state index in [1.54, 1.807) is 7.11 Å². The summed E-state index contributed by atoms with van der Waals surface area (Å²) in [5.41, 5.74) is -0.0421. The van der Waals surface area contributed by atoms with Gasteiger partial charge in [-0.25, -0.2) is 0 Å². The van der Waals surface area contributed by atoms with Crippen LogP contribution >= 0.6 is 0 Å². The molecule has 4 nitrogen and oxygen atoms in total. The Bertz CT molecular complexity index is 208. The first-order valence-corrected chi connectivity index (χ1v) is 4.99. The summed E-state index contributed by atoms with van der Waals surface area (Å²) >= 11 is 0. The molecule has 0 amide bonds. The van der Waals surface area contributed by atoms with Gasteiger partial charge in [0, 0.05) is 20.2 Å². The molecular formula is C10H19NO3. The fourth-order valence-electron chi connectivity index (χ4n) is 2.05. The smallest absolute Gasteiger partial charge is 0.303 e. The Morgan fingerprint density at radius 1 is 1.64 bits per heavy atom. The lowest BCUT2D eigenvalue weighted by atomic mass is 9.86. The van der Waals surface area contributed by atoms with E-state index in [4.69, 9.17) is 9.84 Å². The first kappa shape index (κ1) is 11.5. The Hall–Kier alpha value is -0.610. The van der Waals surface area contributed by atoms with Crippen LogP contribution in [0.25, 0.3) is 0 Å². The van der Waals surface area contributed by atoms with Crippen LogP contribution in [0.1, 0.15) is 19.8 Å². The Kier molecular flexibility index (Phi) is 3.89. The van der Waals surface area contributed by atoms with Crippen LogP contribution in [0, 0.1) is 5.41 Å². The van der Waals surface area contributed by atoms with Gasteiger partial charge in [-0.1, -0.05) is 6.92 Å². The Labute approximate surface area is 84.8 Å². The molecule has 0 aromatic carbocycles. The lowest BCUT2D eigenvalue weighted by molar-refractivity contribution is -0.139. The minimum Gasteiger partial charge on any atom is -0.481 e. The van der Waals surface area contributed by atoms with Gasteiger partial charge in [0.1, 0.15) is 0 Å². The highest BCUT2D eigenvalue weighted by molar-refractivity contribution is 5.67. The maximum Gasteiger partial charge on any atom is 0.303 e. The molecule has 0 aliphatic carbocycles. The summed E-state index contributed by atoms with van der Waals surface area (Å²) in [5.74, 6) is -0.693. The van der Waals surface area contributed by atoms with Crippen LogP contribution in [0.2, 0.25) is 0 Å². The lowest BCUT2D eigenvalue weighted by Crippen LogP contribution is -2.29. The summed E-state index contributed by atoms with van der Waals surface area (Å²) in [5, 5.41) is 8.76. The number of ether oxygens (including phenoxy) is 1. The molecule has 1 atom stereocenters. The SMILES string of the molecule is COCCN1CCC(C)(CC(=O)O)C1. The zero-order valence-electron chi connectivity index (χ0n) is 8.95. The number of carboxylic acid groups (broad SMARTS) is 1. The topological polar surface area (TPSA) is 49.8 Å². The molecule has 0 bridgehead atoms. The standard InChI is InChI=1S/C10H19NO3/c1-10(7-9(12)13)3-4-11(8-10)5-6-14-2/h3-8H2,1-2H3,(H,12,13). The van der Waals surface area contributed by atoms with Gasteiger partial charge in [-0.15, -0.1) is 0 Å². The van der Waals surface area contributed by atoms with E-state index in [9.17, 15) is 4.79 Å². The van der Waals surface area contributed by atoms with E-state index in [2.05, 4.69) is 4.90 Å². The average Bonchev–Trinajstić information content (AvgIpc) is 2.42. The van der Waals surface area contributed by atoms with Gasteiger partial charge in [-0.2, -0.15) is 0 Å². The van der Waals surface area contributed by atoms with Crippen LogP contribution in [0.4, 0.5) is 0 Å². The maximum atomic E-state index is 10.6. The Morgan fingerprint density at radius 3 is 2.93 bits per heavy atom. The fraction of sp³-hybridized carbons (Fsp3) is 0.900.